The van der Waals surface area contributed by atoms with Crippen molar-refractivity contribution in [3.8, 4) is 23.3 Å². The van der Waals surface area contributed by atoms with E-state index >= 15 is 0 Å². The first kappa shape index (κ1) is 14.1. The number of benzene rings is 1. The molecule has 0 aliphatic heterocycles. The normalized spacial score (nSPS) is 12.9. The Morgan fingerprint density at radius 1 is 1.05 bits per heavy atom. The van der Waals surface area contributed by atoms with Crippen molar-refractivity contribution in [3.63, 3.8) is 0 Å². The Hall–Kier alpha value is -2.85. The van der Waals surface area contributed by atoms with Crippen molar-refractivity contribution in [1.29, 1.82) is 10.5 Å². The Labute approximate surface area is 130 Å². The van der Waals surface area contributed by atoms with E-state index in [1.165, 1.54) is 5.56 Å². The molecule has 0 radical (unpaired) electrons. The number of hydrogen-bond donors (Lipinski definition) is 1. The van der Waals surface area contributed by atoms with Gasteiger partial charge in [0.25, 0.3) is 0 Å². The molecule has 1 aromatic carbocycles. The maximum atomic E-state index is 9.61. The van der Waals surface area contributed by atoms with Crippen LogP contribution in [0.3, 0.4) is 0 Å². The maximum absolute atomic E-state index is 9.61. The Morgan fingerprint density at radius 3 is 2.41 bits per heavy atom. The topological polar surface area (TPSA) is 72.5 Å². The summed E-state index contributed by atoms with van der Waals surface area (Å²) in [5.74, 6) is 0.641. The number of aryl methyl sites for hydroxylation is 1. The fourth-order valence-electron chi connectivity index (χ4n) is 3.06. The van der Waals surface area contributed by atoms with Crippen molar-refractivity contribution >= 4 is 5.82 Å². The van der Waals surface area contributed by atoms with Crippen LogP contribution in [0.5, 0.6) is 0 Å². The molecule has 1 N–H and O–H groups in total. The number of rotatable bonds is 2. The van der Waals surface area contributed by atoms with Crippen molar-refractivity contribution in [2.24, 2.45) is 0 Å². The Morgan fingerprint density at radius 2 is 1.77 bits per heavy atom. The smallest absolute Gasteiger partial charge is 0.144 e. The largest absolute Gasteiger partial charge is 0.372 e. The molecule has 4 heteroatoms. The van der Waals surface area contributed by atoms with Gasteiger partial charge in [-0.3, -0.25) is 0 Å². The minimum atomic E-state index is 0.591. The third-order valence-corrected chi connectivity index (χ3v) is 4.13. The van der Waals surface area contributed by atoms with Gasteiger partial charge in [-0.2, -0.15) is 10.5 Å². The predicted octanol–water partition coefficient (Wildman–Crippen LogP) is 3.41. The van der Waals surface area contributed by atoms with E-state index in [1.807, 2.05) is 12.1 Å². The quantitative estimate of drug-likeness (QED) is 0.919. The summed E-state index contributed by atoms with van der Waals surface area (Å²) >= 11 is 0. The van der Waals surface area contributed by atoms with Crippen LogP contribution in [0.25, 0.3) is 11.1 Å². The van der Waals surface area contributed by atoms with Crippen molar-refractivity contribution in [1.82, 2.24) is 4.98 Å². The first-order chi connectivity index (χ1) is 10.8. The first-order valence-corrected chi connectivity index (χ1v) is 7.42. The molecule has 0 spiro atoms. The second kappa shape index (κ2) is 5.87. The maximum Gasteiger partial charge on any atom is 0.144 e. The van der Waals surface area contributed by atoms with E-state index in [4.69, 9.17) is 5.26 Å². The standard InChI is InChI=1S/C18H16N4/c1-21-18-15(11-20)17(13-8-6-12(10-19)7-9-13)14-4-2-3-5-16(14)22-18/h6-9H,2-5H2,1H3,(H,21,22). The number of aromatic nitrogens is 1. The van der Waals surface area contributed by atoms with E-state index in [-0.39, 0.29) is 0 Å². The predicted molar refractivity (Wildman–Crippen MR) is 85.3 cm³/mol. The molecule has 2 aromatic rings. The summed E-state index contributed by atoms with van der Waals surface area (Å²) in [7, 11) is 1.79. The summed E-state index contributed by atoms with van der Waals surface area (Å²) < 4.78 is 0. The van der Waals surface area contributed by atoms with Crippen LogP contribution in [0.4, 0.5) is 5.82 Å². The van der Waals surface area contributed by atoms with Crippen LogP contribution in [-0.4, -0.2) is 12.0 Å². The van der Waals surface area contributed by atoms with Crippen LogP contribution in [0.2, 0.25) is 0 Å². The fourth-order valence-corrected chi connectivity index (χ4v) is 3.06. The van der Waals surface area contributed by atoms with Crippen LogP contribution in [0, 0.1) is 22.7 Å². The molecule has 1 aliphatic rings. The van der Waals surface area contributed by atoms with Gasteiger partial charge in [0, 0.05) is 18.3 Å². The van der Waals surface area contributed by atoms with E-state index < -0.39 is 0 Å². The van der Waals surface area contributed by atoms with Gasteiger partial charge >= 0.3 is 0 Å². The van der Waals surface area contributed by atoms with Gasteiger partial charge in [-0.25, -0.2) is 4.98 Å². The molecule has 1 heterocycles. The Kier molecular flexibility index (Phi) is 3.76. The molecular weight excluding hydrogens is 272 g/mol. The van der Waals surface area contributed by atoms with Crippen LogP contribution >= 0.6 is 0 Å². The Balaban J connectivity index is 2.27. The molecule has 0 fully saturated rings. The third kappa shape index (κ3) is 2.29. The number of nitriles is 2. The summed E-state index contributed by atoms with van der Waals surface area (Å²) in [5.41, 5.74) is 5.45. The summed E-state index contributed by atoms with van der Waals surface area (Å²) in [6.07, 6.45) is 4.18. The molecule has 0 amide bonds. The van der Waals surface area contributed by atoms with Crippen molar-refractivity contribution < 1.29 is 0 Å². The fraction of sp³-hybridized carbons (Fsp3) is 0.278. The average molecular weight is 288 g/mol. The van der Waals surface area contributed by atoms with Gasteiger partial charge in [-0.15, -0.1) is 0 Å². The zero-order chi connectivity index (χ0) is 15.5. The number of fused-ring (bicyclic) bond motifs is 1. The van der Waals surface area contributed by atoms with E-state index in [0.717, 1.165) is 42.5 Å². The lowest BCUT2D eigenvalue weighted by molar-refractivity contribution is 0.669. The lowest BCUT2D eigenvalue weighted by atomic mass is 9.86. The minimum Gasteiger partial charge on any atom is -0.372 e. The summed E-state index contributed by atoms with van der Waals surface area (Å²) in [6, 6.07) is 11.9. The van der Waals surface area contributed by atoms with E-state index in [1.54, 1.807) is 19.2 Å². The average Bonchev–Trinajstić information content (AvgIpc) is 2.60. The highest BCUT2D eigenvalue weighted by Crippen LogP contribution is 2.36. The SMILES string of the molecule is CNc1nc2c(c(-c3ccc(C#N)cc3)c1C#N)CCCC2. The van der Waals surface area contributed by atoms with Gasteiger partial charge in [0.05, 0.1) is 11.6 Å². The monoisotopic (exact) mass is 288 g/mol. The lowest BCUT2D eigenvalue weighted by Crippen LogP contribution is -2.11. The lowest BCUT2D eigenvalue weighted by Gasteiger charge is -2.22. The van der Waals surface area contributed by atoms with Crippen LogP contribution in [-0.2, 0) is 12.8 Å². The zero-order valence-electron chi connectivity index (χ0n) is 12.5. The molecule has 0 unspecified atom stereocenters. The molecule has 0 saturated carbocycles. The van der Waals surface area contributed by atoms with Crippen molar-refractivity contribution in [2.45, 2.75) is 25.7 Å². The first-order valence-electron chi connectivity index (χ1n) is 7.42. The second-order valence-corrected chi connectivity index (χ2v) is 5.39. The number of nitrogens with zero attached hydrogens (tertiary/aromatic N) is 3. The number of anilines is 1. The van der Waals surface area contributed by atoms with Crippen molar-refractivity contribution in [3.05, 3.63) is 46.6 Å². The van der Waals surface area contributed by atoms with Gasteiger partial charge < -0.3 is 5.32 Å². The summed E-state index contributed by atoms with van der Waals surface area (Å²) in [6.45, 7) is 0. The highest BCUT2D eigenvalue weighted by molar-refractivity contribution is 5.80. The molecule has 0 bridgehead atoms. The molecule has 22 heavy (non-hydrogen) atoms. The van der Waals surface area contributed by atoms with Gasteiger partial charge in [0.2, 0.25) is 0 Å². The van der Waals surface area contributed by atoms with E-state index in [2.05, 4.69) is 22.4 Å². The molecule has 108 valence electrons. The van der Waals surface area contributed by atoms with Crippen LogP contribution < -0.4 is 5.32 Å². The summed E-state index contributed by atoms with van der Waals surface area (Å²) in [4.78, 5) is 4.64. The zero-order valence-corrected chi connectivity index (χ0v) is 12.5. The molecular formula is C18H16N4. The molecule has 4 nitrogen and oxygen atoms in total. The van der Waals surface area contributed by atoms with Gasteiger partial charge in [-0.05, 0) is 48.9 Å². The molecule has 0 atom stereocenters. The second-order valence-electron chi connectivity index (χ2n) is 5.39. The minimum absolute atomic E-state index is 0.591. The number of pyridine rings is 1. The van der Waals surface area contributed by atoms with Gasteiger partial charge in [0.1, 0.15) is 17.5 Å². The Bertz CT molecular complexity index is 792. The molecule has 3 rings (SSSR count). The molecule has 1 aromatic heterocycles. The van der Waals surface area contributed by atoms with Crippen LogP contribution in [0.1, 0.15) is 35.2 Å². The third-order valence-electron chi connectivity index (χ3n) is 4.13. The van der Waals surface area contributed by atoms with Crippen molar-refractivity contribution in [2.75, 3.05) is 12.4 Å². The molecule has 0 saturated heterocycles. The number of nitrogens with one attached hydrogen (secondary N) is 1. The van der Waals surface area contributed by atoms with E-state index in [9.17, 15) is 5.26 Å². The van der Waals surface area contributed by atoms with Gasteiger partial charge in [0.15, 0.2) is 0 Å². The molecule has 1 aliphatic carbocycles. The highest BCUT2D eigenvalue weighted by atomic mass is 15.0. The number of hydrogen-bond acceptors (Lipinski definition) is 4. The van der Waals surface area contributed by atoms with Crippen LogP contribution in [0.15, 0.2) is 24.3 Å². The van der Waals surface area contributed by atoms with E-state index in [0.29, 0.717) is 16.9 Å². The summed E-state index contributed by atoms with van der Waals surface area (Å²) in [5, 5.41) is 21.6. The van der Waals surface area contributed by atoms with Gasteiger partial charge in [-0.1, -0.05) is 12.1 Å². The highest BCUT2D eigenvalue weighted by Gasteiger charge is 2.22.